The van der Waals surface area contributed by atoms with Gasteiger partial charge < -0.3 is 5.32 Å². The molecule has 0 saturated carbocycles. The monoisotopic (exact) mass is 372 g/mol. The second-order valence-corrected chi connectivity index (χ2v) is 6.65. The first-order chi connectivity index (χ1) is 10.7. The summed E-state index contributed by atoms with van der Waals surface area (Å²) < 4.78 is 0.953. The van der Waals surface area contributed by atoms with E-state index in [-0.39, 0.29) is 5.91 Å². The predicted molar refractivity (Wildman–Crippen MR) is 94.0 cm³/mol. The van der Waals surface area contributed by atoms with Crippen molar-refractivity contribution < 1.29 is 4.79 Å². The van der Waals surface area contributed by atoms with Gasteiger partial charge in [-0.25, -0.2) is 0 Å². The Bertz CT molecular complexity index is 786. The minimum atomic E-state index is -0.0185. The van der Waals surface area contributed by atoms with Gasteiger partial charge in [0.15, 0.2) is 0 Å². The van der Waals surface area contributed by atoms with Crippen molar-refractivity contribution in [3.05, 3.63) is 71.0 Å². The maximum absolute atomic E-state index is 12.1. The Labute approximate surface area is 141 Å². The molecule has 5 heteroatoms. The van der Waals surface area contributed by atoms with Crippen molar-refractivity contribution in [2.45, 2.75) is 6.42 Å². The largest absolute Gasteiger partial charge is 0.317 e. The van der Waals surface area contributed by atoms with Crippen molar-refractivity contribution in [2.75, 3.05) is 5.32 Å². The van der Waals surface area contributed by atoms with Crippen LogP contribution in [0.15, 0.2) is 65.4 Å². The van der Waals surface area contributed by atoms with Crippen LogP contribution in [0.1, 0.15) is 5.56 Å². The minimum Gasteiger partial charge on any atom is -0.317 e. The highest BCUT2D eigenvalue weighted by Gasteiger charge is 2.09. The molecular weight excluding hydrogens is 360 g/mol. The molecule has 0 aliphatic carbocycles. The summed E-state index contributed by atoms with van der Waals surface area (Å²) >= 11 is 5.02. The molecule has 2 aromatic heterocycles. The molecule has 1 N–H and O–H groups in total. The van der Waals surface area contributed by atoms with Gasteiger partial charge in [-0.3, -0.25) is 9.78 Å². The molecule has 0 aliphatic heterocycles. The normalized spacial score (nSPS) is 10.4. The zero-order valence-electron chi connectivity index (χ0n) is 11.6. The van der Waals surface area contributed by atoms with Gasteiger partial charge in [0, 0.05) is 21.7 Å². The number of amides is 1. The Hall–Kier alpha value is -1.98. The van der Waals surface area contributed by atoms with Crippen molar-refractivity contribution in [1.82, 2.24) is 4.98 Å². The summed E-state index contributed by atoms with van der Waals surface area (Å²) in [6, 6.07) is 15.6. The molecule has 0 fully saturated rings. The molecule has 3 nitrogen and oxygen atoms in total. The van der Waals surface area contributed by atoms with Crippen LogP contribution in [-0.4, -0.2) is 10.9 Å². The van der Waals surface area contributed by atoms with Gasteiger partial charge in [-0.15, -0.1) is 11.3 Å². The Morgan fingerprint density at radius 2 is 1.86 bits per heavy atom. The number of nitrogens with zero attached hydrogens (tertiary/aromatic N) is 1. The molecule has 22 heavy (non-hydrogen) atoms. The summed E-state index contributed by atoms with van der Waals surface area (Å²) in [6.45, 7) is 0. The number of thiophene rings is 1. The molecule has 2 heterocycles. The molecule has 110 valence electrons. The lowest BCUT2D eigenvalue weighted by atomic mass is 10.1. The second-order valence-electron chi connectivity index (χ2n) is 4.72. The van der Waals surface area contributed by atoms with Crippen molar-refractivity contribution in [3.63, 3.8) is 0 Å². The van der Waals surface area contributed by atoms with Crippen LogP contribution >= 0.6 is 27.3 Å². The van der Waals surface area contributed by atoms with E-state index in [1.54, 1.807) is 23.7 Å². The Morgan fingerprint density at radius 1 is 1.09 bits per heavy atom. The van der Waals surface area contributed by atoms with Gasteiger partial charge in [-0.1, -0.05) is 34.1 Å². The Morgan fingerprint density at radius 3 is 2.64 bits per heavy atom. The third-order valence-electron chi connectivity index (χ3n) is 3.14. The maximum Gasteiger partial charge on any atom is 0.229 e. The highest BCUT2D eigenvalue weighted by atomic mass is 79.9. The summed E-state index contributed by atoms with van der Waals surface area (Å²) in [5.74, 6) is -0.0185. The molecule has 0 aliphatic rings. The van der Waals surface area contributed by atoms with E-state index in [1.165, 1.54) is 0 Å². The number of pyridine rings is 1. The molecule has 0 radical (unpaired) electrons. The second kappa shape index (κ2) is 6.85. The van der Waals surface area contributed by atoms with E-state index in [4.69, 9.17) is 0 Å². The van der Waals surface area contributed by atoms with Gasteiger partial charge in [0.05, 0.1) is 11.4 Å². The topological polar surface area (TPSA) is 42.0 Å². The van der Waals surface area contributed by atoms with Gasteiger partial charge in [0.1, 0.15) is 0 Å². The zero-order valence-corrected chi connectivity index (χ0v) is 14.0. The molecule has 0 bridgehead atoms. The number of aromatic nitrogens is 1. The first kappa shape index (κ1) is 14.9. The highest BCUT2D eigenvalue weighted by Crippen LogP contribution is 2.31. The fourth-order valence-corrected chi connectivity index (χ4v) is 3.43. The smallest absolute Gasteiger partial charge is 0.229 e. The van der Waals surface area contributed by atoms with E-state index in [0.717, 1.165) is 25.5 Å². The Kier molecular flexibility index (Phi) is 4.65. The van der Waals surface area contributed by atoms with Crippen LogP contribution in [0.5, 0.6) is 0 Å². The van der Waals surface area contributed by atoms with Crippen molar-refractivity contribution >= 4 is 38.2 Å². The number of benzene rings is 1. The summed E-state index contributed by atoms with van der Waals surface area (Å²) in [5, 5.41) is 3.80. The molecule has 1 aromatic carbocycles. The maximum atomic E-state index is 12.1. The van der Waals surface area contributed by atoms with E-state index in [1.807, 2.05) is 48.5 Å². The molecular formula is C17H13BrN2OS. The minimum absolute atomic E-state index is 0.0185. The number of rotatable bonds is 4. The van der Waals surface area contributed by atoms with Crippen LogP contribution in [-0.2, 0) is 11.2 Å². The number of nitrogens with one attached hydrogen (secondary N) is 1. The highest BCUT2D eigenvalue weighted by molar-refractivity contribution is 9.10. The van der Waals surface area contributed by atoms with Gasteiger partial charge in [0.25, 0.3) is 0 Å². The fourth-order valence-electron chi connectivity index (χ4n) is 2.07. The summed E-state index contributed by atoms with van der Waals surface area (Å²) in [7, 11) is 0. The van der Waals surface area contributed by atoms with Gasteiger partial charge in [0.2, 0.25) is 5.91 Å². The summed E-state index contributed by atoms with van der Waals surface area (Å²) in [5.41, 5.74) is 2.08. The summed E-state index contributed by atoms with van der Waals surface area (Å²) in [6.07, 6.45) is 3.88. The zero-order chi connectivity index (χ0) is 15.4. The molecule has 0 spiro atoms. The number of carbonyl (C=O) groups is 1. The average molecular weight is 373 g/mol. The van der Waals surface area contributed by atoms with E-state index in [2.05, 4.69) is 26.2 Å². The van der Waals surface area contributed by atoms with Crippen molar-refractivity contribution in [3.8, 4) is 10.4 Å². The number of halogens is 1. The molecule has 3 rings (SSSR count). The molecule has 0 atom stereocenters. The standard InChI is InChI=1S/C17H13BrN2OS/c18-14-4-2-1-3-13(14)11-16(21)20-17-6-5-15(22-17)12-7-9-19-10-8-12/h1-10H,11H2,(H,20,21). The van der Waals surface area contributed by atoms with Crippen LogP contribution in [0.4, 0.5) is 5.00 Å². The lowest BCUT2D eigenvalue weighted by Gasteiger charge is -2.04. The van der Waals surface area contributed by atoms with E-state index in [9.17, 15) is 4.79 Å². The third-order valence-corrected chi connectivity index (χ3v) is 4.97. The molecule has 3 aromatic rings. The van der Waals surface area contributed by atoms with E-state index < -0.39 is 0 Å². The number of anilines is 1. The first-order valence-corrected chi connectivity index (χ1v) is 8.37. The molecule has 0 saturated heterocycles. The van der Waals surface area contributed by atoms with Crippen molar-refractivity contribution in [2.24, 2.45) is 0 Å². The van der Waals surface area contributed by atoms with Crippen LogP contribution in [0, 0.1) is 0 Å². The van der Waals surface area contributed by atoms with Crippen LogP contribution in [0.2, 0.25) is 0 Å². The lowest BCUT2D eigenvalue weighted by molar-refractivity contribution is -0.115. The Balaban J connectivity index is 1.68. The quantitative estimate of drug-likeness (QED) is 0.717. The number of hydrogen-bond acceptors (Lipinski definition) is 3. The van der Waals surface area contributed by atoms with Crippen molar-refractivity contribution in [1.29, 1.82) is 0 Å². The average Bonchev–Trinajstić information content (AvgIpc) is 2.99. The fraction of sp³-hybridized carbons (Fsp3) is 0.0588. The van der Waals surface area contributed by atoms with E-state index in [0.29, 0.717) is 6.42 Å². The number of hydrogen-bond donors (Lipinski definition) is 1. The summed E-state index contributed by atoms with van der Waals surface area (Å²) in [4.78, 5) is 17.3. The van der Waals surface area contributed by atoms with Crippen LogP contribution in [0.3, 0.4) is 0 Å². The lowest BCUT2D eigenvalue weighted by Crippen LogP contribution is -2.13. The molecule has 1 amide bonds. The van der Waals surface area contributed by atoms with Gasteiger partial charge >= 0.3 is 0 Å². The van der Waals surface area contributed by atoms with Crippen LogP contribution < -0.4 is 5.32 Å². The SMILES string of the molecule is O=C(Cc1ccccc1Br)Nc1ccc(-c2ccncc2)s1. The molecule has 0 unspecified atom stereocenters. The number of carbonyl (C=O) groups excluding carboxylic acids is 1. The van der Waals surface area contributed by atoms with Gasteiger partial charge in [-0.05, 0) is 41.5 Å². The van der Waals surface area contributed by atoms with Gasteiger partial charge in [-0.2, -0.15) is 0 Å². The predicted octanol–water partition coefficient (Wildman–Crippen LogP) is 4.75. The first-order valence-electron chi connectivity index (χ1n) is 6.76. The van der Waals surface area contributed by atoms with Crippen LogP contribution in [0.25, 0.3) is 10.4 Å². The van der Waals surface area contributed by atoms with E-state index >= 15 is 0 Å². The third kappa shape index (κ3) is 3.61.